The molecule has 106 valence electrons. The number of aromatic nitrogens is 2. The Morgan fingerprint density at radius 1 is 1.35 bits per heavy atom. The van der Waals surface area contributed by atoms with Crippen LogP contribution in [0.1, 0.15) is 29.4 Å². The number of nitrogens with two attached hydrogens (primary N) is 1. The molecule has 1 aliphatic heterocycles. The molecule has 0 bridgehead atoms. The molecule has 0 amide bonds. The molecule has 0 radical (unpaired) electrons. The number of benzene rings is 1. The largest absolute Gasteiger partial charge is 0.368 e. The second kappa shape index (κ2) is 6.39. The second-order valence-corrected chi connectivity index (χ2v) is 5.85. The van der Waals surface area contributed by atoms with E-state index in [2.05, 4.69) is 10.1 Å². The second-order valence-electron chi connectivity index (χ2n) is 4.70. The van der Waals surface area contributed by atoms with Crippen LogP contribution in [-0.2, 0) is 11.2 Å². The Labute approximate surface area is 121 Å². The predicted molar refractivity (Wildman–Crippen MR) is 77.4 cm³/mol. The van der Waals surface area contributed by atoms with Gasteiger partial charge in [0.2, 0.25) is 11.7 Å². The van der Waals surface area contributed by atoms with Crippen LogP contribution in [0.2, 0.25) is 0 Å². The molecule has 1 aliphatic rings. The standard InChI is InChI=1S/C14H17N3O2S/c15-11(10-4-2-1-3-5-10)8-13-16-14(17-19-13)12-9-20-7-6-18-12/h1-5,11-12H,6-9,15H2. The molecule has 1 fully saturated rings. The van der Waals surface area contributed by atoms with Gasteiger partial charge in [0.15, 0.2) is 0 Å². The van der Waals surface area contributed by atoms with Crippen LogP contribution in [0.5, 0.6) is 0 Å². The SMILES string of the molecule is NC(Cc1nc(C2CSCCO2)no1)c1ccccc1. The van der Waals surface area contributed by atoms with Gasteiger partial charge in [-0.15, -0.1) is 0 Å². The van der Waals surface area contributed by atoms with Gasteiger partial charge in [-0.25, -0.2) is 0 Å². The van der Waals surface area contributed by atoms with Gasteiger partial charge in [0.1, 0.15) is 6.10 Å². The molecule has 2 atom stereocenters. The topological polar surface area (TPSA) is 74.2 Å². The molecule has 0 saturated carbocycles. The summed E-state index contributed by atoms with van der Waals surface area (Å²) < 4.78 is 10.9. The number of hydrogen-bond donors (Lipinski definition) is 1. The third-order valence-corrected chi connectivity index (χ3v) is 4.20. The van der Waals surface area contributed by atoms with Gasteiger partial charge in [0.25, 0.3) is 0 Å². The molecule has 2 heterocycles. The normalized spacial score (nSPS) is 20.8. The van der Waals surface area contributed by atoms with Crippen LogP contribution in [0.25, 0.3) is 0 Å². The Morgan fingerprint density at radius 3 is 2.95 bits per heavy atom. The molecule has 0 spiro atoms. The first-order valence-electron chi connectivity index (χ1n) is 6.65. The van der Waals surface area contributed by atoms with Crippen molar-refractivity contribution in [2.24, 2.45) is 5.73 Å². The van der Waals surface area contributed by atoms with E-state index < -0.39 is 0 Å². The maximum Gasteiger partial charge on any atom is 0.228 e. The lowest BCUT2D eigenvalue weighted by Gasteiger charge is -2.18. The molecule has 6 heteroatoms. The van der Waals surface area contributed by atoms with Crippen molar-refractivity contribution in [2.45, 2.75) is 18.6 Å². The minimum absolute atomic E-state index is 0.0563. The summed E-state index contributed by atoms with van der Waals surface area (Å²) in [6.45, 7) is 0.739. The van der Waals surface area contributed by atoms with E-state index in [0.717, 1.165) is 23.7 Å². The van der Waals surface area contributed by atoms with Gasteiger partial charge >= 0.3 is 0 Å². The lowest BCUT2D eigenvalue weighted by Crippen LogP contribution is -2.17. The third-order valence-electron chi connectivity index (χ3n) is 3.21. The monoisotopic (exact) mass is 291 g/mol. The van der Waals surface area contributed by atoms with E-state index in [4.69, 9.17) is 15.0 Å². The Hall–Kier alpha value is -1.37. The number of rotatable bonds is 4. The summed E-state index contributed by atoms with van der Waals surface area (Å²) in [4.78, 5) is 4.40. The summed E-state index contributed by atoms with van der Waals surface area (Å²) in [5, 5.41) is 4.01. The van der Waals surface area contributed by atoms with Crippen molar-refractivity contribution in [1.29, 1.82) is 0 Å². The Kier molecular flexibility index (Phi) is 4.34. The highest BCUT2D eigenvalue weighted by Gasteiger charge is 2.22. The van der Waals surface area contributed by atoms with Crippen LogP contribution >= 0.6 is 11.8 Å². The van der Waals surface area contributed by atoms with Crippen LogP contribution < -0.4 is 5.73 Å². The summed E-state index contributed by atoms with van der Waals surface area (Å²) in [6, 6.07) is 9.79. The number of ether oxygens (including phenoxy) is 1. The quantitative estimate of drug-likeness (QED) is 0.930. The highest BCUT2D eigenvalue weighted by Crippen LogP contribution is 2.25. The van der Waals surface area contributed by atoms with Crippen molar-refractivity contribution in [2.75, 3.05) is 18.1 Å². The number of hydrogen-bond acceptors (Lipinski definition) is 6. The zero-order chi connectivity index (χ0) is 13.8. The maximum absolute atomic E-state index is 6.15. The van der Waals surface area contributed by atoms with Gasteiger partial charge in [0, 0.05) is 24.0 Å². The van der Waals surface area contributed by atoms with Crippen molar-refractivity contribution in [3.05, 3.63) is 47.6 Å². The summed E-state index contributed by atoms with van der Waals surface area (Å²) in [5.74, 6) is 3.10. The Morgan fingerprint density at radius 2 is 2.20 bits per heavy atom. The maximum atomic E-state index is 6.15. The molecular weight excluding hydrogens is 274 g/mol. The van der Waals surface area contributed by atoms with E-state index in [-0.39, 0.29) is 12.1 Å². The van der Waals surface area contributed by atoms with E-state index in [9.17, 15) is 0 Å². The number of thioether (sulfide) groups is 1. The molecule has 3 rings (SSSR count). The molecule has 20 heavy (non-hydrogen) atoms. The molecule has 2 N–H and O–H groups in total. The van der Waals surface area contributed by atoms with Crippen LogP contribution in [0.4, 0.5) is 0 Å². The van der Waals surface area contributed by atoms with E-state index in [1.807, 2.05) is 42.1 Å². The molecule has 1 saturated heterocycles. The minimum Gasteiger partial charge on any atom is -0.368 e. The van der Waals surface area contributed by atoms with Crippen molar-refractivity contribution in [3.63, 3.8) is 0 Å². The Balaban J connectivity index is 1.65. The molecule has 1 aromatic heterocycles. The van der Waals surface area contributed by atoms with Crippen molar-refractivity contribution < 1.29 is 9.26 Å². The first-order chi connectivity index (χ1) is 9.83. The first kappa shape index (κ1) is 13.6. The van der Waals surface area contributed by atoms with E-state index in [1.54, 1.807) is 0 Å². The minimum atomic E-state index is -0.133. The van der Waals surface area contributed by atoms with E-state index >= 15 is 0 Å². The van der Waals surface area contributed by atoms with Crippen LogP contribution in [-0.4, -0.2) is 28.3 Å². The van der Waals surface area contributed by atoms with Gasteiger partial charge in [-0.3, -0.25) is 0 Å². The van der Waals surface area contributed by atoms with Gasteiger partial charge in [0.05, 0.1) is 6.61 Å². The molecule has 0 aliphatic carbocycles. The van der Waals surface area contributed by atoms with Crippen molar-refractivity contribution in [1.82, 2.24) is 10.1 Å². The third kappa shape index (κ3) is 3.20. The van der Waals surface area contributed by atoms with E-state index in [1.165, 1.54) is 0 Å². The lowest BCUT2D eigenvalue weighted by molar-refractivity contribution is 0.0677. The average molecular weight is 291 g/mol. The van der Waals surface area contributed by atoms with Gasteiger partial charge in [-0.1, -0.05) is 35.5 Å². The van der Waals surface area contributed by atoms with E-state index in [0.29, 0.717) is 18.1 Å². The lowest BCUT2D eigenvalue weighted by atomic mass is 10.1. The summed E-state index contributed by atoms with van der Waals surface area (Å²) in [6.07, 6.45) is 0.482. The fourth-order valence-corrected chi connectivity index (χ4v) is 2.96. The fraction of sp³-hybridized carbons (Fsp3) is 0.429. The molecule has 2 unspecified atom stereocenters. The molecular formula is C14H17N3O2S. The Bertz CT molecular complexity index is 540. The van der Waals surface area contributed by atoms with Gasteiger partial charge in [-0.2, -0.15) is 16.7 Å². The van der Waals surface area contributed by atoms with Crippen LogP contribution in [0.3, 0.4) is 0 Å². The smallest absolute Gasteiger partial charge is 0.228 e. The summed E-state index contributed by atoms with van der Waals surface area (Å²) in [7, 11) is 0. The zero-order valence-corrected chi connectivity index (χ0v) is 11.9. The average Bonchev–Trinajstić information content (AvgIpc) is 2.97. The van der Waals surface area contributed by atoms with Crippen LogP contribution in [0.15, 0.2) is 34.9 Å². The first-order valence-corrected chi connectivity index (χ1v) is 7.81. The van der Waals surface area contributed by atoms with Crippen molar-refractivity contribution >= 4 is 11.8 Å². The highest BCUT2D eigenvalue weighted by molar-refractivity contribution is 7.99. The summed E-state index contributed by atoms with van der Waals surface area (Å²) >= 11 is 1.85. The fourth-order valence-electron chi connectivity index (χ4n) is 2.12. The summed E-state index contributed by atoms with van der Waals surface area (Å²) in [5.41, 5.74) is 7.22. The zero-order valence-electron chi connectivity index (χ0n) is 11.1. The van der Waals surface area contributed by atoms with Gasteiger partial charge < -0.3 is 15.0 Å². The highest BCUT2D eigenvalue weighted by atomic mass is 32.2. The van der Waals surface area contributed by atoms with Crippen LogP contribution in [0, 0.1) is 0 Å². The molecule has 5 nitrogen and oxygen atoms in total. The van der Waals surface area contributed by atoms with Crippen molar-refractivity contribution in [3.8, 4) is 0 Å². The predicted octanol–water partition coefficient (Wildman–Crippen LogP) is 2.12. The molecule has 2 aromatic rings. The molecule has 1 aromatic carbocycles. The number of nitrogens with zero attached hydrogens (tertiary/aromatic N) is 2. The van der Waals surface area contributed by atoms with Gasteiger partial charge in [-0.05, 0) is 5.56 Å².